The highest BCUT2D eigenvalue weighted by Gasteiger charge is 1.98. The maximum atomic E-state index is 4.36. The van der Waals surface area contributed by atoms with E-state index in [9.17, 15) is 0 Å². The first kappa shape index (κ1) is 9.30. The second kappa shape index (κ2) is 3.90. The molecule has 0 atom stereocenters. The number of aliphatic imine (C=N–C) groups is 1. The van der Waals surface area contributed by atoms with Gasteiger partial charge in [-0.25, -0.2) is 9.98 Å². The summed E-state index contributed by atoms with van der Waals surface area (Å²) in [5.41, 5.74) is 3.06. The number of hydrogen-bond acceptors (Lipinski definition) is 3. The van der Waals surface area contributed by atoms with E-state index in [0.29, 0.717) is 5.95 Å². The fraction of sp³-hybridized carbons (Fsp3) is 0. The summed E-state index contributed by atoms with van der Waals surface area (Å²) in [5.74, 6) is 0.646. The molecule has 0 aliphatic heterocycles. The van der Waals surface area contributed by atoms with Gasteiger partial charge in [-0.1, -0.05) is 12.1 Å². The molecule has 0 amide bonds. The van der Waals surface area contributed by atoms with Gasteiger partial charge in [0.15, 0.2) is 0 Å². The number of hydrogen-bond donors (Lipinski definition) is 1. The lowest BCUT2D eigenvalue weighted by Gasteiger charge is -1.83. The molecular formula is C12H9N3S. The largest absolute Gasteiger partial charge is 0.322 e. The van der Waals surface area contributed by atoms with Gasteiger partial charge in [0.25, 0.3) is 0 Å². The Hall–Kier alpha value is -1.94. The van der Waals surface area contributed by atoms with Crippen LogP contribution in [-0.4, -0.2) is 16.2 Å². The van der Waals surface area contributed by atoms with Gasteiger partial charge in [-0.15, -0.1) is 0 Å². The van der Waals surface area contributed by atoms with Crippen molar-refractivity contribution in [3.8, 4) is 0 Å². The molecule has 0 saturated carbocycles. The molecule has 16 heavy (non-hydrogen) atoms. The Morgan fingerprint density at radius 2 is 2.19 bits per heavy atom. The Morgan fingerprint density at radius 1 is 1.25 bits per heavy atom. The summed E-state index contributed by atoms with van der Waals surface area (Å²) in [6.07, 6.45) is 1.81. The normalized spacial score (nSPS) is 11.5. The van der Waals surface area contributed by atoms with Gasteiger partial charge in [0.1, 0.15) is 0 Å². The zero-order valence-electron chi connectivity index (χ0n) is 8.42. The minimum absolute atomic E-state index is 0.646. The van der Waals surface area contributed by atoms with E-state index in [4.69, 9.17) is 0 Å². The molecule has 3 rings (SSSR count). The van der Waals surface area contributed by atoms with Crippen LogP contribution in [-0.2, 0) is 0 Å². The molecule has 3 aromatic rings. The summed E-state index contributed by atoms with van der Waals surface area (Å²) < 4.78 is 0. The Kier molecular flexibility index (Phi) is 2.27. The predicted octanol–water partition coefficient (Wildman–Crippen LogP) is 3.38. The number of benzene rings is 1. The average molecular weight is 227 g/mol. The molecule has 0 unspecified atom stereocenters. The molecule has 0 aliphatic rings. The standard InChI is InChI=1S/C12H9N3S/c1-2-4-11-10(3-1)14-12(15-11)13-7-9-5-6-16-8-9/h1-8H,(H,14,15)/b13-7+. The lowest BCUT2D eigenvalue weighted by Crippen LogP contribution is -1.74. The third-order valence-electron chi connectivity index (χ3n) is 2.26. The van der Waals surface area contributed by atoms with E-state index in [1.807, 2.05) is 47.3 Å². The molecule has 0 spiro atoms. The van der Waals surface area contributed by atoms with Crippen molar-refractivity contribution in [1.82, 2.24) is 9.97 Å². The summed E-state index contributed by atoms with van der Waals surface area (Å²) in [4.78, 5) is 11.8. The van der Waals surface area contributed by atoms with Gasteiger partial charge in [-0.3, -0.25) is 0 Å². The molecule has 0 radical (unpaired) electrons. The summed E-state index contributed by atoms with van der Waals surface area (Å²) >= 11 is 1.66. The minimum Gasteiger partial charge on any atom is -0.322 e. The predicted molar refractivity (Wildman–Crippen MR) is 67.7 cm³/mol. The number of rotatable bonds is 2. The van der Waals surface area contributed by atoms with Gasteiger partial charge in [-0.05, 0) is 29.0 Å². The van der Waals surface area contributed by atoms with Crippen LogP contribution in [0.1, 0.15) is 5.56 Å². The Balaban J connectivity index is 1.95. The van der Waals surface area contributed by atoms with E-state index in [0.717, 1.165) is 16.6 Å². The van der Waals surface area contributed by atoms with Crippen molar-refractivity contribution >= 4 is 34.5 Å². The summed E-state index contributed by atoms with van der Waals surface area (Å²) in [7, 11) is 0. The van der Waals surface area contributed by atoms with E-state index in [1.54, 1.807) is 11.3 Å². The molecule has 1 aromatic carbocycles. The monoisotopic (exact) mass is 227 g/mol. The van der Waals surface area contributed by atoms with E-state index >= 15 is 0 Å². The number of fused-ring (bicyclic) bond motifs is 1. The van der Waals surface area contributed by atoms with Crippen LogP contribution in [0.3, 0.4) is 0 Å². The van der Waals surface area contributed by atoms with Crippen LogP contribution >= 0.6 is 11.3 Å². The van der Waals surface area contributed by atoms with Crippen LogP contribution in [0.5, 0.6) is 0 Å². The van der Waals surface area contributed by atoms with Crippen LogP contribution in [0, 0.1) is 0 Å². The number of thiophene rings is 1. The molecule has 4 heteroatoms. The molecule has 0 saturated heterocycles. The second-order valence-electron chi connectivity index (χ2n) is 3.39. The maximum Gasteiger partial charge on any atom is 0.227 e. The smallest absolute Gasteiger partial charge is 0.227 e. The van der Waals surface area contributed by atoms with Crippen molar-refractivity contribution < 1.29 is 0 Å². The fourth-order valence-corrected chi connectivity index (χ4v) is 2.10. The first-order chi connectivity index (χ1) is 7.92. The highest BCUT2D eigenvalue weighted by Crippen LogP contribution is 2.15. The lowest BCUT2D eigenvalue weighted by molar-refractivity contribution is 1.27. The van der Waals surface area contributed by atoms with Gasteiger partial charge in [-0.2, -0.15) is 11.3 Å². The maximum absolute atomic E-state index is 4.36. The van der Waals surface area contributed by atoms with Crippen LogP contribution in [0.4, 0.5) is 5.95 Å². The number of para-hydroxylation sites is 2. The molecule has 1 N–H and O–H groups in total. The van der Waals surface area contributed by atoms with Crippen LogP contribution in [0.2, 0.25) is 0 Å². The second-order valence-corrected chi connectivity index (χ2v) is 4.17. The van der Waals surface area contributed by atoms with Crippen LogP contribution < -0.4 is 0 Å². The van der Waals surface area contributed by atoms with Crippen molar-refractivity contribution in [2.45, 2.75) is 0 Å². The molecular weight excluding hydrogens is 218 g/mol. The third-order valence-corrected chi connectivity index (χ3v) is 2.96. The molecule has 3 nitrogen and oxygen atoms in total. The Labute approximate surface area is 96.5 Å². The van der Waals surface area contributed by atoms with Crippen molar-refractivity contribution in [2.24, 2.45) is 4.99 Å². The summed E-state index contributed by atoms with van der Waals surface area (Å²) in [6.45, 7) is 0. The molecule has 0 fully saturated rings. The number of H-pyrrole nitrogens is 1. The minimum atomic E-state index is 0.646. The number of nitrogens with one attached hydrogen (secondary N) is 1. The van der Waals surface area contributed by atoms with Gasteiger partial charge in [0, 0.05) is 11.8 Å². The van der Waals surface area contributed by atoms with Gasteiger partial charge < -0.3 is 4.98 Å². The topological polar surface area (TPSA) is 41.0 Å². The number of aromatic nitrogens is 2. The van der Waals surface area contributed by atoms with Gasteiger partial charge in [0.05, 0.1) is 11.0 Å². The first-order valence-electron chi connectivity index (χ1n) is 4.93. The third kappa shape index (κ3) is 1.75. The van der Waals surface area contributed by atoms with E-state index in [1.165, 1.54) is 0 Å². The van der Waals surface area contributed by atoms with Crippen molar-refractivity contribution in [3.63, 3.8) is 0 Å². The SMILES string of the molecule is C(=N\c1nc2ccccc2[nH]1)/c1ccsc1. The number of imidazole rings is 1. The highest BCUT2D eigenvalue weighted by molar-refractivity contribution is 7.08. The average Bonchev–Trinajstić information content (AvgIpc) is 2.95. The lowest BCUT2D eigenvalue weighted by atomic mass is 10.3. The molecule has 0 aliphatic carbocycles. The van der Waals surface area contributed by atoms with Crippen LogP contribution in [0.15, 0.2) is 46.1 Å². The van der Waals surface area contributed by atoms with E-state index in [-0.39, 0.29) is 0 Å². The van der Waals surface area contributed by atoms with Crippen LogP contribution in [0.25, 0.3) is 11.0 Å². The molecule has 0 bridgehead atoms. The first-order valence-corrected chi connectivity index (χ1v) is 5.87. The molecule has 2 aromatic heterocycles. The van der Waals surface area contributed by atoms with Crippen molar-refractivity contribution in [3.05, 3.63) is 46.7 Å². The van der Waals surface area contributed by atoms with Gasteiger partial charge in [0.2, 0.25) is 5.95 Å². The Bertz CT molecular complexity index is 590. The van der Waals surface area contributed by atoms with E-state index in [2.05, 4.69) is 15.0 Å². The summed E-state index contributed by atoms with van der Waals surface area (Å²) in [5, 5.41) is 4.08. The summed E-state index contributed by atoms with van der Waals surface area (Å²) in [6, 6.07) is 9.93. The Morgan fingerprint density at radius 3 is 3.00 bits per heavy atom. The zero-order chi connectivity index (χ0) is 10.8. The van der Waals surface area contributed by atoms with Crippen molar-refractivity contribution in [2.75, 3.05) is 0 Å². The quantitative estimate of drug-likeness (QED) is 0.670. The molecule has 78 valence electrons. The highest BCUT2D eigenvalue weighted by atomic mass is 32.1. The van der Waals surface area contributed by atoms with Crippen molar-refractivity contribution in [1.29, 1.82) is 0 Å². The number of aromatic amines is 1. The molecule has 2 heterocycles. The zero-order valence-corrected chi connectivity index (χ0v) is 9.24. The van der Waals surface area contributed by atoms with E-state index < -0.39 is 0 Å². The fourth-order valence-electron chi connectivity index (χ4n) is 1.48. The van der Waals surface area contributed by atoms with Gasteiger partial charge >= 0.3 is 0 Å². The number of nitrogens with zero attached hydrogens (tertiary/aromatic N) is 2.